The van der Waals surface area contributed by atoms with E-state index >= 15 is 0 Å². The van der Waals surface area contributed by atoms with E-state index in [4.69, 9.17) is 0 Å². The van der Waals surface area contributed by atoms with E-state index in [0.29, 0.717) is 6.54 Å². The molecule has 0 aliphatic heterocycles. The minimum absolute atomic E-state index is 0.00532. The molecule has 0 aromatic carbocycles. The second-order valence-corrected chi connectivity index (χ2v) is 5.50. The van der Waals surface area contributed by atoms with Crippen molar-refractivity contribution in [2.24, 2.45) is 5.92 Å². The van der Waals surface area contributed by atoms with E-state index in [1.807, 2.05) is 13.8 Å². The molecule has 2 amide bonds. The van der Waals surface area contributed by atoms with Crippen molar-refractivity contribution in [1.29, 1.82) is 0 Å². The summed E-state index contributed by atoms with van der Waals surface area (Å²) in [5.41, 5.74) is 1.42. The Balaban J connectivity index is 2.31. The smallest absolute Gasteiger partial charge is 0.328 e. The van der Waals surface area contributed by atoms with E-state index < -0.39 is 12.0 Å². The summed E-state index contributed by atoms with van der Waals surface area (Å²) in [5, 5.41) is 5.46. The van der Waals surface area contributed by atoms with Gasteiger partial charge in [-0.15, -0.1) is 0 Å². The van der Waals surface area contributed by atoms with Crippen LogP contribution in [0, 0.1) is 5.92 Å². The number of hydrogen-bond donors (Lipinski definition) is 2. The molecule has 0 radical (unpaired) electrons. The van der Waals surface area contributed by atoms with E-state index in [0.717, 1.165) is 19.3 Å². The van der Waals surface area contributed by atoms with Gasteiger partial charge in [0.15, 0.2) is 0 Å². The predicted molar refractivity (Wildman–Crippen MR) is 78.3 cm³/mol. The Morgan fingerprint density at radius 2 is 2.10 bits per heavy atom. The number of esters is 1. The second kappa shape index (κ2) is 8.61. The molecule has 1 aliphatic rings. The van der Waals surface area contributed by atoms with Gasteiger partial charge in [-0.05, 0) is 38.0 Å². The van der Waals surface area contributed by atoms with Crippen molar-refractivity contribution in [3.63, 3.8) is 0 Å². The first kappa shape index (κ1) is 16.5. The number of amides is 2. The topological polar surface area (TPSA) is 67.4 Å². The quantitative estimate of drug-likeness (QED) is 0.580. The highest BCUT2D eigenvalue weighted by atomic mass is 16.5. The minimum atomic E-state index is -0.603. The molecule has 0 bridgehead atoms. The first-order valence-corrected chi connectivity index (χ1v) is 7.34. The van der Waals surface area contributed by atoms with Crippen molar-refractivity contribution in [2.45, 2.75) is 52.0 Å². The summed E-state index contributed by atoms with van der Waals surface area (Å²) in [5.74, 6) is -0.417. The van der Waals surface area contributed by atoms with Gasteiger partial charge in [0.2, 0.25) is 0 Å². The van der Waals surface area contributed by atoms with E-state index in [-0.39, 0.29) is 11.9 Å². The Hall–Kier alpha value is -1.52. The Morgan fingerprint density at radius 3 is 2.65 bits per heavy atom. The minimum Gasteiger partial charge on any atom is -0.467 e. The van der Waals surface area contributed by atoms with Crippen molar-refractivity contribution >= 4 is 12.0 Å². The van der Waals surface area contributed by atoms with Crippen molar-refractivity contribution in [3.05, 3.63) is 11.6 Å². The Bertz CT molecular complexity index is 364. The number of rotatable bonds is 6. The van der Waals surface area contributed by atoms with Gasteiger partial charge in [0.25, 0.3) is 0 Å². The van der Waals surface area contributed by atoms with E-state index in [9.17, 15) is 9.59 Å². The zero-order chi connectivity index (χ0) is 15.0. The molecule has 0 spiro atoms. The standard InChI is InChI=1S/C15H26N2O3/c1-11(2)13(14(18)20-3)17-15(19)16-10-9-12-7-5-4-6-8-12/h7,11,13H,4-6,8-10H2,1-3H3,(H2,16,17,19)/t13-/m0/s1. The lowest BCUT2D eigenvalue weighted by Crippen LogP contribution is -2.49. The van der Waals surface area contributed by atoms with Crippen LogP contribution in [0.1, 0.15) is 46.0 Å². The maximum atomic E-state index is 11.8. The number of urea groups is 1. The lowest BCUT2D eigenvalue weighted by atomic mass is 9.97. The first-order chi connectivity index (χ1) is 9.54. The van der Waals surface area contributed by atoms with Crippen LogP contribution in [-0.4, -0.2) is 31.7 Å². The molecular formula is C15H26N2O3. The molecule has 2 N–H and O–H groups in total. The molecule has 0 fully saturated rings. The highest BCUT2D eigenvalue weighted by molar-refractivity contribution is 5.83. The zero-order valence-corrected chi connectivity index (χ0v) is 12.7. The Morgan fingerprint density at radius 1 is 1.35 bits per heavy atom. The Labute approximate surface area is 121 Å². The van der Waals surface area contributed by atoms with Crippen molar-refractivity contribution < 1.29 is 14.3 Å². The number of methoxy groups -OCH3 is 1. The number of hydrogen-bond acceptors (Lipinski definition) is 3. The van der Waals surface area contributed by atoms with Crippen LogP contribution in [0.4, 0.5) is 4.79 Å². The highest BCUT2D eigenvalue weighted by Gasteiger charge is 2.24. The molecule has 0 heterocycles. The van der Waals surface area contributed by atoms with Gasteiger partial charge in [0.05, 0.1) is 7.11 Å². The normalized spacial score (nSPS) is 16.3. The maximum Gasteiger partial charge on any atom is 0.328 e. The van der Waals surface area contributed by atoms with Crippen LogP contribution in [0.5, 0.6) is 0 Å². The second-order valence-electron chi connectivity index (χ2n) is 5.50. The van der Waals surface area contributed by atoms with Gasteiger partial charge in [0, 0.05) is 6.54 Å². The SMILES string of the molecule is COC(=O)[C@@H](NC(=O)NCCC1=CCCCC1)C(C)C. The molecule has 0 saturated carbocycles. The van der Waals surface area contributed by atoms with Gasteiger partial charge in [-0.3, -0.25) is 0 Å². The van der Waals surface area contributed by atoms with Gasteiger partial charge in [-0.1, -0.05) is 25.5 Å². The largest absolute Gasteiger partial charge is 0.467 e. The van der Waals surface area contributed by atoms with Gasteiger partial charge in [0.1, 0.15) is 6.04 Å². The van der Waals surface area contributed by atoms with Gasteiger partial charge >= 0.3 is 12.0 Å². The predicted octanol–water partition coefficient (Wildman–Crippen LogP) is 2.37. The average molecular weight is 282 g/mol. The van der Waals surface area contributed by atoms with Gasteiger partial charge in [-0.25, -0.2) is 9.59 Å². The van der Waals surface area contributed by atoms with Crippen molar-refractivity contribution in [2.75, 3.05) is 13.7 Å². The first-order valence-electron chi connectivity index (χ1n) is 7.34. The molecule has 0 aromatic rings. The average Bonchev–Trinajstić information content (AvgIpc) is 2.45. The van der Waals surface area contributed by atoms with Crippen LogP contribution in [0.25, 0.3) is 0 Å². The molecule has 5 heteroatoms. The fraction of sp³-hybridized carbons (Fsp3) is 0.733. The maximum absolute atomic E-state index is 11.8. The summed E-state index contributed by atoms with van der Waals surface area (Å²) in [6, 6.07) is -0.917. The number of nitrogens with one attached hydrogen (secondary N) is 2. The van der Waals surface area contributed by atoms with E-state index in [2.05, 4.69) is 21.4 Å². The van der Waals surface area contributed by atoms with Gasteiger partial charge in [-0.2, -0.15) is 0 Å². The Kier molecular flexibility index (Phi) is 7.12. The van der Waals surface area contributed by atoms with Gasteiger partial charge < -0.3 is 15.4 Å². The summed E-state index contributed by atoms with van der Waals surface area (Å²) < 4.78 is 4.68. The van der Waals surface area contributed by atoms with E-state index in [1.165, 1.54) is 25.5 Å². The van der Waals surface area contributed by atoms with Crippen molar-refractivity contribution in [3.8, 4) is 0 Å². The zero-order valence-electron chi connectivity index (χ0n) is 12.7. The number of carbonyl (C=O) groups excluding carboxylic acids is 2. The molecule has 0 saturated heterocycles. The summed E-state index contributed by atoms with van der Waals surface area (Å²) in [4.78, 5) is 23.3. The molecule has 114 valence electrons. The fourth-order valence-electron chi connectivity index (χ4n) is 2.29. The number of ether oxygens (including phenoxy) is 1. The van der Waals surface area contributed by atoms with Crippen LogP contribution in [0.2, 0.25) is 0 Å². The number of carbonyl (C=O) groups is 2. The lowest BCUT2D eigenvalue weighted by molar-refractivity contribution is -0.143. The summed E-state index contributed by atoms with van der Waals surface area (Å²) in [6.45, 7) is 4.34. The lowest BCUT2D eigenvalue weighted by Gasteiger charge is -2.20. The van der Waals surface area contributed by atoms with Crippen LogP contribution in [0.3, 0.4) is 0 Å². The summed E-state index contributed by atoms with van der Waals surface area (Å²) in [6.07, 6.45) is 7.97. The molecule has 5 nitrogen and oxygen atoms in total. The molecule has 1 atom stereocenters. The van der Waals surface area contributed by atoms with Crippen LogP contribution >= 0.6 is 0 Å². The summed E-state index contributed by atoms with van der Waals surface area (Å²) in [7, 11) is 1.33. The van der Waals surface area contributed by atoms with E-state index in [1.54, 1.807) is 0 Å². The molecule has 0 unspecified atom stereocenters. The molecule has 1 aliphatic carbocycles. The van der Waals surface area contributed by atoms with Crippen LogP contribution in [0.15, 0.2) is 11.6 Å². The van der Waals surface area contributed by atoms with Crippen LogP contribution in [-0.2, 0) is 9.53 Å². The summed E-state index contributed by atoms with van der Waals surface area (Å²) >= 11 is 0. The third-order valence-electron chi connectivity index (χ3n) is 3.53. The monoisotopic (exact) mass is 282 g/mol. The molecule has 20 heavy (non-hydrogen) atoms. The van der Waals surface area contributed by atoms with Crippen molar-refractivity contribution in [1.82, 2.24) is 10.6 Å². The third kappa shape index (κ3) is 5.63. The highest BCUT2D eigenvalue weighted by Crippen LogP contribution is 2.19. The molecule has 0 aromatic heterocycles. The van der Waals surface area contributed by atoms with Crippen LogP contribution < -0.4 is 10.6 Å². The molecule has 1 rings (SSSR count). The number of allylic oxidation sites excluding steroid dienone is 1. The fourth-order valence-corrected chi connectivity index (χ4v) is 2.29. The molecular weight excluding hydrogens is 256 g/mol. The third-order valence-corrected chi connectivity index (χ3v) is 3.53.